The lowest BCUT2D eigenvalue weighted by Gasteiger charge is -2.37. The first-order valence-corrected chi connectivity index (χ1v) is 11.9. The Balaban J connectivity index is 1.93. The molecule has 1 N–H and O–H groups in total. The summed E-state index contributed by atoms with van der Waals surface area (Å²) >= 11 is 3.71. The molecular weight excluding hydrogens is 424 g/mol. The quantitative estimate of drug-likeness (QED) is 0.456. The van der Waals surface area contributed by atoms with E-state index in [1.807, 2.05) is 0 Å². The van der Waals surface area contributed by atoms with Crippen LogP contribution in [0.25, 0.3) is 0 Å². The molecule has 3 rings (SSSR count). The average Bonchev–Trinajstić information content (AvgIpc) is 2.69. The highest BCUT2D eigenvalue weighted by atomic mass is 79.9. The normalized spacial score (nSPS) is 13.9. The van der Waals surface area contributed by atoms with Gasteiger partial charge >= 0.3 is 0 Å². The predicted octanol–water partition coefficient (Wildman–Crippen LogP) is 7.14. The van der Waals surface area contributed by atoms with Gasteiger partial charge in [0.1, 0.15) is 5.82 Å². The number of rotatable bonds is 8. The molecule has 1 aromatic carbocycles. The molecule has 4 nitrogen and oxygen atoms in total. The van der Waals surface area contributed by atoms with Gasteiger partial charge in [-0.05, 0) is 72.2 Å². The summed E-state index contributed by atoms with van der Waals surface area (Å²) in [6.45, 7) is 12.2. The fourth-order valence-electron chi connectivity index (χ4n) is 4.29. The Morgan fingerprint density at radius 3 is 2.48 bits per heavy atom. The third-order valence-corrected chi connectivity index (χ3v) is 6.54. The first-order chi connectivity index (χ1) is 13.9. The summed E-state index contributed by atoms with van der Waals surface area (Å²) in [6.07, 6.45) is 7.13. The molecule has 0 aliphatic carbocycles. The zero-order chi connectivity index (χ0) is 21.0. The number of hydrogen-bond donors (Lipinski definition) is 1. The number of hydrogen-bond acceptors (Lipinski definition) is 4. The molecule has 0 spiro atoms. The Morgan fingerprint density at radius 1 is 1.14 bits per heavy atom. The maximum atomic E-state index is 5.02. The summed E-state index contributed by atoms with van der Waals surface area (Å²) in [7, 11) is 0. The summed E-state index contributed by atoms with van der Waals surface area (Å²) in [5, 5.41) is 3.46. The maximum Gasteiger partial charge on any atom is 0.229 e. The van der Waals surface area contributed by atoms with Crippen molar-refractivity contribution in [3.05, 3.63) is 39.5 Å². The fraction of sp³-hybridized carbons (Fsp3) is 0.583. The summed E-state index contributed by atoms with van der Waals surface area (Å²) in [5.41, 5.74) is 4.75. The van der Waals surface area contributed by atoms with Crippen LogP contribution < -0.4 is 10.2 Å². The first kappa shape index (κ1) is 22.1. The van der Waals surface area contributed by atoms with Gasteiger partial charge in [-0.2, -0.15) is 4.98 Å². The standard InChI is InChI=1S/C24H35BrN4/c1-6-9-19(10-7-2)29-14-8-11-20-17(5)26-24(28-23(20)29)27-22-13-12-18(16(3)4)15-21(22)25/h12-13,15-16,19H,6-11,14H2,1-5H3,(H,26,27,28). The molecule has 158 valence electrons. The molecule has 2 aromatic rings. The van der Waals surface area contributed by atoms with Gasteiger partial charge in [-0.3, -0.25) is 0 Å². The van der Waals surface area contributed by atoms with E-state index in [4.69, 9.17) is 9.97 Å². The molecular formula is C24H35BrN4. The van der Waals surface area contributed by atoms with E-state index in [1.54, 1.807) is 0 Å². The van der Waals surface area contributed by atoms with Gasteiger partial charge in [0.2, 0.25) is 5.95 Å². The molecule has 0 amide bonds. The molecule has 0 fully saturated rings. The highest BCUT2D eigenvalue weighted by Gasteiger charge is 2.27. The fourth-order valence-corrected chi connectivity index (χ4v) is 4.79. The monoisotopic (exact) mass is 458 g/mol. The first-order valence-electron chi connectivity index (χ1n) is 11.1. The molecule has 0 atom stereocenters. The van der Waals surface area contributed by atoms with Crippen molar-refractivity contribution in [3.63, 3.8) is 0 Å². The summed E-state index contributed by atoms with van der Waals surface area (Å²) < 4.78 is 1.05. The minimum atomic E-state index is 0.505. The van der Waals surface area contributed by atoms with Crippen molar-refractivity contribution in [1.82, 2.24) is 9.97 Å². The SMILES string of the molecule is CCCC(CCC)N1CCCc2c(C)nc(Nc3ccc(C(C)C)cc3Br)nc21. The van der Waals surface area contributed by atoms with E-state index in [1.165, 1.54) is 43.2 Å². The van der Waals surface area contributed by atoms with E-state index in [2.05, 4.69) is 79.0 Å². The lowest BCUT2D eigenvalue weighted by molar-refractivity contribution is 0.483. The van der Waals surface area contributed by atoms with Crippen molar-refractivity contribution in [2.45, 2.75) is 85.1 Å². The second-order valence-corrected chi connectivity index (χ2v) is 9.34. The lowest BCUT2D eigenvalue weighted by atomic mass is 9.98. The van der Waals surface area contributed by atoms with Crippen molar-refractivity contribution in [2.75, 3.05) is 16.8 Å². The highest BCUT2D eigenvalue weighted by Crippen LogP contribution is 2.34. The van der Waals surface area contributed by atoms with Crippen molar-refractivity contribution in [2.24, 2.45) is 0 Å². The van der Waals surface area contributed by atoms with Gasteiger partial charge in [0.25, 0.3) is 0 Å². The number of anilines is 3. The van der Waals surface area contributed by atoms with E-state index < -0.39 is 0 Å². The Hall–Kier alpha value is -1.62. The smallest absolute Gasteiger partial charge is 0.229 e. The van der Waals surface area contributed by atoms with Gasteiger partial charge in [0.05, 0.1) is 5.69 Å². The van der Waals surface area contributed by atoms with E-state index in [-0.39, 0.29) is 0 Å². The zero-order valence-electron chi connectivity index (χ0n) is 18.6. The largest absolute Gasteiger partial charge is 0.353 e. The summed E-state index contributed by atoms with van der Waals surface area (Å²) in [5.74, 6) is 2.34. The molecule has 0 bridgehead atoms. The predicted molar refractivity (Wildman–Crippen MR) is 128 cm³/mol. The van der Waals surface area contributed by atoms with Crippen molar-refractivity contribution >= 4 is 33.4 Å². The molecule has 29 heavy (non-hydrogen) atoms. The van der Waals surface area contributed by atoms with E-state index in [9.17, 15) is 0 Å². The maximum absolute atomic E-state index is 5.02. The molecule has 1 aliphatic rings. The van der Waals surface area contributed by atoms with Crippen LogP contribution in [0, 0.1) is 6.92 Å². The van der Waals surface area contributed by atoms with Crippen molar-refractivity contribution in [1.29, 1.82) is 0 Å². The minimum Gasteiger partial charge on any atom is -0.353 e. The van der Waals surface area contributed by atoms with Gasteiger partial charge in [0.15, 0.2) is 0 Å². The van der Waals surface area contributed by atoms with Crippen LogP contribution in [0.2, 0.25) is 0 Å². The Bertz CT molecular complexity index is 828. The minimum absolute atomic E-state index is 0.505. The van der Waals surface area contributed by atoms with Crippen molar-refractivity contribution in [3.8, 4) is 0 Å². The summed E-state index contributed by atoms with van der Waals surface area (Å²) in [6, 6.07) is 7.05. The van der Waals surface area contributed by atoms with Crippen LogP contribution in [0.4, 0.5) is 17.5 Å². The third kappa shape index (κ3) is 5.11. The Kier molecular flexibility index (Phi) is 7.55. The topological polar surface area (TPSA) is 41.1 Å². The molecule has 2 heterocycles. The van der Waals surface area contributed by atoms with Crippen LogP contribution in [0.5, 0.6) is 0 Å². The molecule has 0 unspecified atom stereocenters. The number of nitrogens with one attached hydrogen (secondary N) is 1. The number of nitrogens with zero attached hydrogens (tertiary/aromatic N) is 3. The van der Waals surface area contributed by atoms with E-state index in [0.717, 1.165) is 34.6 Å². The van der Waals surface area contributed by atoms with Gasteiger partial charge < -0.3 is 10.2 Å². The van der Waals surface area contributed by atoms with Crippen LogP contribution in [0.15, 0.2) is 22.7 Å². The average molecular weight is 459 g/mol. The van der Waals surface area contributed by atoms with Gasteiger partial charge in [-0.15, -0.1) is 0 Å². The third-order valence-electron chi connectivity index (χ3n) is 5.88. The van der Waals surface area contributed by atoms with Crippen LogP contribution >= 0.6 is 15.9 Å². The Morgan fingerprint density at radius 2 is 1.86 bits per heavy atom. The number of halogens is 1. The van der Waals surface area contributed by atoms with E-state index >= 15 is 0 Å². The Labute approximate surface area is 184 Å². The number of aryl methyl sites for hydroxylation is 1. The van der Waals surface area contributed by atoms with Crippen LogP contribution in [-0.4, -0.2) is 22.6 Å². The van der Waals surface area contributed by atoms with E-state index in [0.29, 0.717) is 17.9 Å². The number of benzene rings is 1. The molecule has 0 saturated heterocycles. The molecule has 1 aliphatic heterocycles. The van der Waals surface area contributed by atoms with Crippen LogP contribution in [0.1, 0.15) is 82.5 Å². The molecule has 0 saturated carbocycles. The number of aromatic nitrogens is 2. The van der Waals surface area contributed by atoms with Gasteiger partial charge in [-0.1, -0.05) is 46.6 Å². The van der Waals surface area contributed by atoms with Gasteiger partial charge in [-0.25, -0.2) is 4.98 Å². The van der Waals surface area contributed by atoms with Gasteiger partial charge in [0, 0.05) is 28.3 Å². The summed E-state index contributed by atoms with van der Waals surface area (Å²) in [4.78, 5) is 12.4. The molecule has 1 aromatic heterocycles. The highest BCUT2D eigenvalue weighted by molar-refractivity contribution is 9.10. The second-order valence-electron chi connectivity index (χ2n) is 8.48. The molecule has 0 radical (unpaired) electrons. The van der Waals surface area contributed by atoms with Crippen LogP contribution in [0.3, 0.4) is 0 Å². The zero-order valence-corrected chi connectivity index (χ0v) is 20.1. The van der Waals surface area contributed by atoms with Crippen molar-refractivity contribution < 1.29 is 0 Å². The number of fused-ring (bicyclic) bond motifs is 1. The van der Waals surface area contributed by atoms with Crippen LogP contribution in [-0.2, 0) is 6.42 Å². The lowest BCUT2D eigenvalue weighted by Crippen LogP contribution is -2.40. The molecule has 5 heteroatoms. The second kappa shape index (κ2) is 9.92.